The number of amides is 2. The zero-order valence-electron chi connectivity index (χ0n) is 15.1. The molecule has 2 N–H and O–H groups in total. The smallest absolute Gasteiger partial charge is 0.289 e. The average Bonchev–Trinajstić information content (AvgIpc) is 3.21. The van der Waals surface area contributed by atoms with Crippen LogP contribution in [-0.4, -0.2) is 49.7 Å². The summed E-state index contributed by atoms with van der Waals surface area (Å²) in [4.78, 5) is 30.4. The van der Waals surface area contributed by atoms with Crippen LogP contribution in [0.3, 0.4) is 0 Å². The van der Waals surface area contributed by atoms with Crippen LogP contribution >= 0.6 is 11.3 Å². The Morgan fingerprint density at radius 2 is 2.11 bits per heavy atom. The van der Waals surface area contributed by atoms with E-state index < -0.39 is 11.8 Å². The van der Waals surface area contributed by atoms with E-state index in [1.54, 1.807) is 11.4 Å². The molecule has 1 aromatic heterocycles. The first-order chi connectivity index (χ1) is 13.2. The Kier molecular flexibility index (Phi) is 6.61. The number of ether oxygens (including phenoxy) is 2. The van der Waals surface area contributed by atoms with E-state index in [1.165, 1.54) is 11.3 Å². The maximum absolute atomic E-state index is 12.1. The van der Waals surface area contributed by atoms with Crippen molar-refractivity contribution in [2.24, 2.45) is 0 Å². The van der Waals surface area contributed by atoms with E-state index in [9.17, 15) is 9.59 Å². The monoisotopic (exact) mass is 390 g/mol. The molecule has 27 heavy (non-hydrogen) atoms. The topological polar surface area (TPSA) is 92.8 Å². The summed E-state index contributed by atoms with van der Waals surface area (Å²) >= 11 is 1.39. The number of hydrogen-bond acceptors (Lipinski definition) is 7. The van der Waals surface area contributed by atoms with Gasteiger partial charge in [0.05, 0.1) is 13.2 Å². The Bertz CT molecular complexity index is 789. The minimum Gasteiger partial charge on any atom is -0.484 e. The number of thiazole rings is 1. The highest BCUT2D eigenvalue weighted by molar-refractivity contribution is 7.13. The quantitative estimate of drug-likeness (QED) is 0.724. The lowest BCUT2D eigenvalue weighted by Crippen LogP contribution is -2.44. The van der Waals surface area contributed by atoms with Gasteiger partial charge in [-0.15, -0.1) is 11.3 Å². The molecule has 0 unspecified atom stereocenters. The van der Waals surface area contributed by atoms with Crippen LogP contribution in [0.5, 0.6) is 5.75 Å². The summed E-state index contributed by atoms with van der Waals surface area (Å²) in [6.07, 6.45) is 0.888. The van der Waals surface area contributed by atoms with Crippen molar-refractivity contribution in [2.45, 2.75) is 13.3 Å². The SMILES string of the molecule is CCc1cccc(OCC(=O)NNC(=O)c2csc(N3CCOCC3)n2)c1. The largest absolute Gasteiger partial charge is 0.484 e. The molecule has 8 nitrogen and oxygen atoms in total. The molecule has 9 heteroatoms. The van der Waals surface area contributed by atoms with Gasteiger partial charge in [-0.3, -0.25) is 20.4 Å². The zero-order valence-corrected chi connectivity index (χ0v) is 15.9. The molecule has 1 aromatic carbocycles. The second kappa shape index (κ2) is 9.33. The minimum absolute atomic E-state index is 0.191. The normalized spacial score (nSPS) is 13.9. The van der Waals surface area contributed by atoms with Gasteiger partial charge in [-0.25, -0.2) is 4.98 Å². The molecule has 2 heterocycles. The molecule has 2 amide bonds. The van der Waals surface area contributed by atoms with E-state index in [0.717, 1.165) is 30.2 Å². The molecule has 144 valence electrons. The number of nitrogens with zero attached hydrogens (tertiary/aromatic N) is 2. The average molecular weight is 390 g/mol. The predicted octanol–water partition coefficient (Wildman–Crippen LogP) is 1.38. The molecule has 0 spiro atoms. The van der Waals surface area contributed by atoms with Gasteiger partial charge in [0.15, 0.2) is 11.7 Å². The maximum Gasteiger partial charge on any atom is 0.289 e. The molecule has 0 saturated carbocycles. The van der Waals surface area contributed by atoms with Gasteiger partial charge in [0.25, 0.3) is 11.8 Å². The second-order valence-corrected chi connectivity index (χ2v) is 6.74. The van der Waals surface area contributed by atoms with Crippen molar-refractivity contribution in [2.75, 3.05) is 37.8 Å². The molecular formula is C18H22N4O4S. The first kappa shape index (κ1) is 19.1. The third kappa shape index (κ3) is 5.41. The standard InChI is InChI=1S/C18H22N4O4S/c1-2-13-4-3-5-14(10-13)26-11-16(23)20-21-17(24)15-12-27-18(19-15)22-6-8-25-9-7-22/h3-5,10,12H,2,6-9,11H2,1H3,(H,20,23)(H,21,24). The summed E-state index contributed by atoms with van der Waals surface area (Å²) in [6.45, 7) is 4.66. The van der Waals surface area contributed by atoms with Crippen molar-refractivity contribution in [1.82, 2.24) is 15.8 Å². The first-order valence-corrected chi connectivity index (χ1v) is 9.63. The summed E-state index contributed by atoms with van der Waals surface area (Å²) in [5.41, 5.74) is 6.08. The summed E-state index contributed by atoms with van der Waals surface area (Å²) in [5, 5.41) is 2.44. The third-order valence-electron chi connectivity index (χ3n) is 4.00. The minimum atomic E-state index is -0.466. The van der Waals surface area contributed by atoms with Gasteiger partial charge >= 0.3 is 0 Å². The highest BCUT2D eigenvalue weighted by Crippen LogP contribution is 2.21. The number of aromatic nitrogens is 1. The van der Waals surface area contributed by atoms with E-state index in [2.05, 4.69) is 20.7 Å². The van der Waals surface area contributed by atoms with Crippen molar-refractivity contribution in [3.63, 3.8) is 0 Å². The number of hydrazine groups is 1. The molecule has 1 aliphatic rings. The number of carbonyl (C=O) groups excluding carboxylic acids is 2. The van der Waals surface area contributed by atoms with Crippen molar-refractivity contribution >= 4 is 28.3 Å². The molecule has 1 fully saturated rings. The van der Waals surface area contributed by atoms with Crippen LogP contribution in [0, 0.1) is 0 Å². The summed E-state index contributed by atoms with van der Waals surface area (Å²) in [5.74, 6) is -0.300. The molecular weight excluding hydrogens is 368 g/mol. The van der Waals surface area contributed by atoms with E-state index in [4.69, 9.17) is 9.47 Å². The molecule has 0 aliphatic carbocycles. The van der Waals surface area contributed by atoms with Crippen LogP contribution in [0.15, 0.2) is 29.6 Å². The zero-order chi connectivity index (χ0) is 19.1. The van der Waals surface area contributed by atoms with Crippen LogP contribution in [0.4, 0.5) is 5.13 Å². The fourth-order valence-electron chi connectivity index (χ4n) is 2.50. The molecule has 1 saturated heterocycles. The number of morpholine rings is 1. The van der Waals surface area contributed by atoms with Gasteiger partial charge in [-0.2, -0.15) is 0 Å². The summed E-state index contributed by atoms with van der Waals surface area (Å²) in [7, 11) is 0. The van der Waals surface area contributed by atoms with Crippen molar-refractivity contribution in [1.29, 1.82) is 0 Å². The Hall–Kier alpha value is -2.65. The lowest BCUT2D eigenvalue weighted by atomic mass is 10.2. The summed E-state index contributed by atoms with van der Waals surface area (Å²) < 4.78 is 10.7. The molecule has 2 aromatic rings. The predicted molar refractivity (Wildman–Crippen MR) is 102 cm³/mol. The third-order valence-corrected chi connectivity index (χ3v) is 4.90. The van der Waals surface area contributed by atoms with Crippen LogP contribution in [0.1, 0.15) is 23.0 Å². The molecule has 1 aliphatic heterocycles. The number of nitrogens with one attached hydrogen (secondary N) is 2. The highest BCUT2D eigenvalue weighted by atomic mass is 32.1. The number of hydrogen-bond donors (Lipinski definition) is 2. The van der Waals surface area contributed by atoms with Gasteiger partial charge in [0, 0.05) is 18.5 Å². The van der Waals surface area contributed by atoms with Gasteiger partial charge < -0.3 is 14.4 Å². The summed E-state index contributed by atoms with van der Waals surface area (Å²) in [6, 6.07) is 7.54. The number of carbonyl (C=O) groups is 2. The molecule has 0 bridgehead atoms. The lowest BCUT2D eigenvalue weighted by molar-refractivity contribution is -0.123. The molecule has 0 radical (unpaired) electrons. The number of aryl methyl sites for hydroxylation is 1. The van der Waals surface area contributed by atoms with Crippen LogP contribution < -0.4 is 20.5 Å². The van der Waals surface area contributed by atoms with Gasteiger partial charge in [0.2, 0.25) is 0 Å². The fourth-order valence-corrected chi connectivity index (χ4v) is 3.36. The maximum atomic E-state index is 12.1. The second-order valence-electron chi connectivity index (χ2n) is 5.91. The van der Waals surface area contributed by atoms with Crippen molar-refractivity contribution < 1.29 is 19.1 Å². The highest BCUT2D eigenvalue weighted by Gasteiger charge is 2.17. The fraction of sp³-hybridized carbons (Fsp3) is 0.389. The van der Waals surface area contributed by atoms with Crippen LogP contribution in [-0.2, 0) is 16.0 Å². The van der Waals surface area contributed by atoms with Gasteiger partial charge in [-0.1, -0.05) is 19.1 Å². The van der Waals surface area contributed by atoms with E-state index in [-0.39, 0.29) is 12.3 Å². The van der Waals surface area contributed by atoms with Crippen LogP contribution in [0.2, 0.25) is 0 Å². The van der Waals surface area contributed by atoms with E-state index in [1.807, 2.05) is 25.1 Å². The van der Waals surface area contributed by atoms with E-state index in [0.29, 0.717) is 19.0 Å². The van der Waals surface area contributed by atoms with Gasteiger partial charge in [-0.05, 0) is 24.1 Å². The first-order valence-electron chi connectivity index (χ1n) is 8.75. The van der Waals surface area contributed by atoms with Crippen molar-refractivity contribution in [3.8, 4) is 5.75 Å². The Morgan fingerprint density at radius 1 is 1.30 bits per heavy atom. The Balaban J connectivity index is 1.44. The lowest BCUT2D eigenvalue weighted by Gasteiger charge is -2.25. The number of anilines is 1. The number of benzene rings is 1. The Labute approximate surface area is 161 Å². The van der Waals surface area contributed by atoms with Crippen LogP contribution in [0.25, 0.3) is 0 Å². The van der Waals surface area contributed by atoms with Crippen molar-refractivity contribution in [3.05, 3.63) is 40.9 Å². The van der Waals surface area contributed by atoms with Gasteiger partial charge in [0.1, 0.15) is 11.4 Å². The Morgan fingerprint density at radius 3 is 2.89 bits per heavy atom. The molecule has 0 atom stereocenters. The van der Waals surface area contributed by atoms with E-state index >= 15 is 0 Å². The number of rotatable bonds is 6. The molecule has 3 rings (SSSR count).